The lowest BCUT2D eigenvalue weighted by Crippen LogP contribution is -2.36. The van der Waals surface area contributed by atoms with Gasteiger partial charge in [0.15, 0.2) is 6.10 Å². The average Bonchev–Trinajstić information content (AvgIpc) is 2.38. The van der Waals surface area contributed by atoms with Crippen molar-refractivity contribution >= 4 is 11.9 Å². The van der Waals surface area contributed by atoms with Crippen molar-refractivity contribution in [2.45, 2.75) is 19.4 Å². The minimum atomic E-state index is -1.58. The zero-order chi connectivity index (χ0) is 14.3. The lowest BCUT2D eigenvalue weighted by atomic mass is 10.2. The Labute approximate surface area is 111 Å². The summed E-state index contributed by atoms with van der Waals surface area (Å²) in [5, 5.41) is 19.7. The molecule has 0 saturated carbocycles. The minimum absolute atomic E-state index is 0.0974. The van der Waals surface area contributed by atoms with Crippen molar-refractivity contribution in [2.24, 2.45) is 0 Å². The molecule has 3 N–H and O–H groups in total. The van der Waals surface area contributed by atoms with Crippen LogP contribution in [0.15, 0.2) is 24.3 Å². The van der Waals surface area contributed by atoms with Crippen LogP contribution >= 0.6 is 0 Å². The normalized spacial score (nSPS) is 11.7. The van der Waals surface area contributed by atoms with Gasteiger partial charge in [-0.05, 0) is 19.1 Å². The molecule has 19 heavy (non-hydrogen) atoms. The molecule has 1 amide bonds. The quantitative estimate of drug-likeness (QED) is 0.661. The molecule has 0 radical (unpaired) electrons. The van der Waals surface area contributed by atoms with Crippen LogP contribution in [-0.4, -0.2) is 41.3 Å². The molecule has 0 spiro atoms. The van der Waals surface area contributed by atoms with Gasteiger partial charge in [0.05, 0.1) is 19.6 Å². The number of aryl methyl sites for hydroxylation is 1. The number of benzene rings is 1. The van der Waals surface area contributed by atoms with Gasteiger partial charge in [-0.1, -0.05) is 17.7 Å². The van der Waals surface area contributed by atoms with Gasteiger partial charge in [0.2, 0.25) is 5.91 Å². The Morgan fingerprint density at radius 2 is 1.95 bits per heavy atom. The average molecular weight is 267 g/mol. The van der Waals surface area contributed by atoms with E-state index >= 15 is 0 Å². The van der Waals surface area contributed by atoms with E-state index in [2.05, 4.69) is 5.32 Å². The Morgan fingerprint density at radius 1 is 1.32 bits per heavy atom. The second-order valence-electron chi connectivity index (χ2n) is 4.07. The molecule has 6 heteroatoms. The number of amides is 1. The summed E-state index contributed by atoms with van der Waals surface area (Å²) in [6.07, 6.45) is -1.48. The number of rotatable bonds is 7. The molecule has 6 nitrogen and oxygen atoms in total. The summed E-state index contributed by atoms with van der Waals surface area (Å²) in [6.45, 7) is 1.85. The standard InChI is InChI=1S/C13H17NO5/c1-9-2-4-10(5-3-9)19-7-6-12(16)14-8-11(15)13(17)18/h2-5,11,15H,6-8H2,1H3,(H,14,16)(H,17,18). The minimum Gasteiger partial charge on any atom is -0.493 e. The molecule has 1 aromatic carbocycles. The molecule has 1 atom stereocenters. The van der Waals surface area contributed by atoms with E-state index < -0.39 is 12.1 Å². The lowest BCUT2D eigenvalue weighted by molar-refractivity contribution is -0.146. The van der Waals surface area contributed by atoms with E-state index in [1.54, 1.807) is 12.1 Å². The molecule has 0 bridgehead atoms. The SMILES string of the molecule is Cc1ccc(OCCC(=O)NCC(O)C(=O)O)cc1. The van der Waals surface area contributed by atoms with Crippen molar-refractivity contribution in [1.82, 2.24) is 5.32 Å². The number of aliphatic hydroxyl groups excluding tert-OH is 1. The fraction of sp³-hybridized carbons (Fsp3) is 0.385. The van der Waals surface area contributed by atoms with Gasteiger partial charge in [0, 0.05) is 0 Å². The Bertz CT molecular complexity index is 429. The van der Waals surface area contributed by atoms with Crippen LogP contribution in [0.5, 0.6) is 5.75 Å². The number of hydrogen-bond donors (Lipinski definition) is 3. The maximum Gasteiger partial charge on any atom is 0.334 e. The van der Waals surface area contributed by atoms with Crippen LogP contribution in [0.25, 0.3) is 0 Å². The van der Waals surface area contributed by atoms with Crippen LogP contribution in [0.1, 0.15) is 12.0 Å². The summed E-state index contributed by atoms with van der Waals surface area (Å²) < 4.78 is 5.35. The summed E-state index contributed by atoms with van der Waals surface area (Å²) in [4.78, 5) is 21.6. The Kier molecular flexibility index (Phi) is 5.81. The number of hydrogen-bond acceptors (Lipinski definition) is 4. The van der Waals surface area contributed by atoms with Gasteiger partial charge in [-0.25, -0.2) is 4.79 Å². The van der Waals surface area contributed by atoms with Gasteiger partial charge in [-0.3, -0.25) is 4.79 Å². The van der Waals surface area contributed by atoms with Crippen LogP contribution in [0.3, 0.4) is 0 Å². The number of carboxylic acid groups (broad SMARTS) is 1. The number of carboxylic acids is 1. The highest BCUT2D eigenvalue weighted by molar-refractivity contribution is 5.78. The molecule has 0 aliphatic carbocycles. The van der Waals surface area contributed by atoms with Crippen LogP contribution < -0.4 is 10.1 Å². The van der Waals surface area contributed by atoms with E-state index in [1.807, 2.05) is 19.1 Å². The fourth-order valence-electron chi connectivity index (χ4n) is 1.28. The first-order chi connectivity index (χ1) is 8.99. The molecule has 0 saturated heterocycles. The highest BCUT2D eigenvalue weighted by Gasteiger charge is 2.13. The summed E-state index contributed by atoms with van der Waals surface area (Å²) in [5.74, 6) is -1.06. The zero-order valence-electron chi connectivity index (χ0n) is 10.6. The van der Waals surface area contributed by atoms with Crippen molar-refractivity contribution in [3.05, 3.63) is 29.8 Å². The molecule has 0 aliphatic heterocycles. The second-order valence-corrected chi connectivity index (χ2v) is 4.07. The van der Waals surface area contributed by atoms with E-state index in [0.29, 0.717) is 5.75 Å². The highest BCUT2D eigenvalue weighted by Crippen LogP contribution is 2.11. The van der Waals surface area contributed by atoms with Crippen LogP contribution in [-0.2, 0) is 9.59 Å². The maximum atomic E-state index is 11.3. The summed E-state index contributed by atoms with van der Waals surface area (Å²) in [7, 11) is 0. The van der Waals surface area contributed by atoms with Crippen LogP contribution in [0.4, 0.5) is 0 Å². The first-order valence-electron chi connectivity index (χ1n) is 5.86. The summed E-state index contributed by atoms with van der Waals surface area (Å²) in [5.41, 5.74) is 1.12. The van der Waals surface area contributed by atoms with Crippen LogP contribution in [0, 0.1) is 6.92 Å². The number of carbonyl (C=O) groups excluding carboxylic acids is 1. The Balaban J connectivity index is 2.20. The molecule has 0 aromatic heterocycles. The number of aliphatic carboxylic acids is 1. The first kappa shape index (κ1) is 15.0. The largest absolute Gasteiger partial charge is 0.493 e. The molecule has 1 unspecified atom stereocenters. The second kappa shape index (κ2) is 7.38. The van der Waals surface area contributed by atoms with E-state index in [1.165, 1.54) is 0 Å². The zero-order valence-corrected chi connectivity index (χ0v) is 10.6. The monoisotopic (exact) mass is 267 g/mol. The predicted octanol–water partition coefficient (Wildman–Crippen LogP) is 0.326. The molecule has 0 heterocycles. The van der Waals surface area contributed by atoms with Crippen molar-refractivity contribution in [3.63, 3.8) is 0 Å². The predicted molar refractivity (Wildman–Crippen MR) is 67.9 cm³/mol. The van der Waals surface area contributed by atoms with Gasteiger partial charge < -0.3 is 20.3 Å². The van der Waals surface area contributed by atoms with Crippen LogP contribution in [0.2, 0.25) is 0 Å². The third-order valence-corrected chi connectivity index (χ3v) is 2.40. The summed E-state index contributed by atoms with van der Waals surface area (Å²) >= 11 is 0. The van der Waals surface area contributed by atoms with E-state index in [4.69, 9.17) is 14.9 Å². The summed E-state index contributed by atoms with van der Waals surface area (Å²) in [6, 6.07) is 7.42. The third kappa shape index (κ3) is 5.87. The van der Waals surface area contributed by atoms with Gasteiger partial charge >= 0.3 is 5.97 Å². The number of carbonyl (C=O) groups is 2. The molecule has 0 aliphatic rings. The third-order valence-electron chi connectivity index (χ3n) is 2.40. The van der Waals surface area contributed by atoms with Crippen molar-refractivity contribution < 1.29 is 24.5 Å². The molecule has 1 aromatic rings. The molecule has 104 valence electrons. The molecular formula is C13H17NO5. The van der Waals surface area contributed by atoms with Crippen molar-refractivity contribution in [3.8, 4) is 5.75 Å². The first-order valence-corrected chi connectivity index (χ1v) is 5.86. The van der Waals surface area contributed by atoms with Gasteiger partial charge in [0.25, 0.3) is 0 Å². The fourth-order valence-corrected chi connectivity index (χ4v) is 1.28. The van der Waals surface area contributed by atoms with Gasteiger partial charge in [0.1, 0.15) is 5.75 Å². The number of nitrogens with one attached hydrogen (secondary N) is 1. The smallest absolute Gasteiger partial charge is 0.334 e. The maximum absolute atomic E-state index is 11.3. The van der Waals surface area contributed by atoms with E-state index in [-0.39, 0.29) is 25.5 Å². The lowest BCUT2D eigenvalue weighted by Gasteiger charge is -2.09. The van der Waals surface area contributed by atoms with E-state index in [0.717, 1.165) is 5.56 Å². The van der Waals surface area contributed by atoms with Crippen molar-refractivity contribution in [2.75, 3.05) is 13.2 Å². The number of ether oxygens (including phenoxy) is 1. The highest BCUT2D eigenvalue weighted by atomic mass is 16.5. The Morgan fingerprint density at radius 3 is 2.53 bits per heavy atom. The van der Waals surface area contributed by atoms with E-state index in [9.17, 15) is 9.59 Å². The topological polar surface area (TPSA) is 95.9 Å². The number of aliphatic hydroxyl groups is 1. The molecule has 0 fully saturated rings. The molecule has 1 rings (SSSR count). The van der Waals surface area contributed by atoms with Crippen molar-refractivity contribution in [1.29, 1.82) is 0 Å². The molecular weight excluding hydrogens is 250 g/mol. The van der Waals surface area contributed by atoms with Gasteiger partial charge in [-0.2, -0.15) is 0 Å². The van der Waals surface area contributed by atoms with Gasteiger partial charge in [-0.15, -0.1) is 0 Å². The Hall–Kier alpha value is -2.08.